The molecule has 0 fully saturated rings. The van der Waals surface area contributed by atoms with Crippen LogP contribution in [0, 0.1) is 0 Å². The van der Waals surface area contributed by atoms with Gasteiger partial charge in [0.15, 0.2) is 0 Å². The van der Waals surface area contributed by atoms with Crippen LogP contribution in [0.15, 0.2) is 146 Å². The van der Waals surface area contributed by atoms with Crippen molar-refractivity contribution in [3.63, 3.8) is 0 Å². The number of thiophene rings is 1. The molecule has 37 heavy (non-hydrogen) atoms. The molecule has 0 aliphatic carbocycles. The van der Waals surface area contributed by atoms with Gasteiger partial charge in [-0.05, 0) is 52.2 Å². The Labute approximate surface area is 221 Å². The number of fused-ring (bicyclic) bond motifs is 4. The molecule has 0 saturated heterocycles. The van der Waals surface area contributed by atoms with Crippen LogP contribution in [0.5, 0.6) is 0 Å². The lowest BCUT2D eigenvalue weighted by molar-refractivity contribution is 1.21. The van der Waals surface area contributed by atoms with Gasteiger partial charge in [-0.15, -0.1) is 11.3 Å². The summed E-state index contributed by atoms with van der Waals surface area (Å²) in [5.41, 5.74) is 4.94. The van der Waals surface area contributed by atoms with Crippen molar-refractivity contribution in [3.05, 3.63) is 146 Å². The normalized spacial score (nSPS) is 10.8. The van der Waals surface area contributed by atoms with E-state index in [9.17, 15) is 0 Å². The van der Waals surface area contributed by atoms with Gasteiger partial charge < -0.3 is 4.90 Å². The predicted molar refractivity (Wildman–Crippen MR) is 163 cm³/mol. The van der Waals surface area contributed by atoms with Crippen molar-refractivity contribution in [2.24, 2.45) is 0 Å². The van der Waals surface area contributed by atoms with Crippen LogP contribution in [0.25, 0.3) is 42.1 Å². The van der Waals surface area contributed by atoms with E-state index in [2.05, 4.69) is 158 Å². The molecular formula is C35H27NS. The molecule has 0 radical (unpaired) electrons. The number of benzene rings is 6. The Morgan fingerprint density at radius 1 is 0.486 bits per heavy atom. The van der Waals surface area contributed by atoms with E-state index >= 15 is 0 Å². The SMILES string of the molecule is CN(c1ccccc1)c1cccc(-c2cccc3c2sc2ccccc23)c1.c1ccc2ccccc2c1. The van der Waals surface area contributed by atoms with Gasteiger partial charge in [0.25, 0.3) is 0 Å². The Morgan fingerprint density at radius 2 is 1.05 bits per heavy atom. The van der Waals surface area contributed by atoms with E-state index in [0.717, 1.165) is 0 Å². The molecule has 0 amide bonds. The van der Waals surface area contributed by atoms with Crippen LogP contribution in [-0.2, 0) is 0 Å². The molecule has 0 bridgehead atoms. The first-order valence-electron chi connectivity index (χ1n) is 12.5. The van der Waals surface area contributed by atoms with Gasteiger partial charge in [-0.2, -0.15) is 0 Å². The summed E-state index contributed by atoms with van der Waals surface area (Å²) in [4.78, 5) is 2.23. The zero-order valence-electron chi connectivity index (χ0n) is 20.7. The van der Waals surface area contributed by atoms with Gasteiger partial charge in [-0.1, -0.05) is 115 Å². The molecular weight excluding hydrogens is 466 g/mol. The molecule has 7 aromatic rings. The Kier molecular flexibility index (Phi) is 6.41. The lowest BCUT2D eigenvalue weighted by atomic mass is 10.0. The maximum Gasteiger partial charge on any atom is 0.0433 e. The van der Waals surface area contributed by atoms with E-state index in [1.165, 1.54) is 53.4 Å². The van der Waals surface area contributed by atoms with Crippen LogP contribution in [0.1, 0.15) is 0 Å². The van der Waals surface area contributed by atoms with Crippen LogP contribution < -0.4 is 4.90 Å². The quantitative estimate of drug-likeness (QED) is 0.237. The minimum atomic E-state index is 1.19. The van der Waals surface area contributed by atoms with Crippen molar-refractivity contribution in [1.82, 2.24) is 0 Å². The zero-order valence-corrected chi connectivity index (χ0v) is 21.5. The predicted octanol–water partition coefficient (Wildman–Crippen LogP) is 10.3. The summed E-state index contributed by atoms with van der Waals surface area (Å²) in [5, 5.41) is 5.31. The highest BCUT2D eigenvalue weighted by Crippen LogP contribution is 2.40. The van der Waals surface area contributed by atoms with Crippen LogP contribution in [0.3, 0.4) is 0 Å². The zero-order chi connectivity index (χ0) is 25.0. The third-order valence-electron chi connectivity index (χ3n) is 6.75. The first-order chi connectivity index (χ1) is 18.3. The second-order valence-electron chi connectivity index (χ2n) is 9.07. The third-order valence-corrected chi connectivity index (χ3v) is 7.97. The second-order valence-corrected chi connectivity index (χ2v) is 10.1. The Balaban J connectivity index is 0.000000210. The van der Waals surface area contributed by atoms with E-state index in [0.29, 0.717) is 0 Å². The van der Waals surface area contributed by atoms with Gasteiger partial charge >= 0.3 is 0 Å². The van der Waals surface area contributed by atoms with Crippen LogP contribution >= 0.6 is 11.3 Å². The molecule has 1 aromatic heterocycles. The average molecular weight is 494 g/mol. The summed E-state index contributed by atoms with van der Waals surface area (Å²) in [6.45, 7) is 0. The van der Waals surface area contributed by atoms with E-state index in [1.807, 2.05) is 11.3 Å². The highest BCUT2D eigenvalue weighted by molar-refractivity contribution is 7.26. The van der Waals surface area contributed by atoms with Gasteiger partial charge in [0.05, 0.1) is 0 Å². The van der Waals surface area contributed by atoms with Crippen LogP contribution in [0.4, 0.5) is 11.4 Å². The number of rotatable bonds is 3. The summed E-state index contributed by atoms with van der Waals surface area (Å²) in [5.74, 6) is 0. The molecule has 1 heterocycles. The minimum Gasteiger partial charge on any atom is -0.345 e. The Hall–Kier alpha value is -4.40. The number of hydrogen-bond donors (Lipinski definition) is 0. The molecule has 0 saturated carbocycles. The third kappa shape index (κ3) is 4.72. The number of nitrogens with zero attached hydrogens (tertiary/aromatic N) is 1. The molecule has 0 spiro atoms. The van der Waals surface area contributed by atoms with Gasteiger partial charge in [0, 0.05) is 38.6 Å². The molecule has 0 unspecified atom stereocenters. The van der Waals surface area contributed by atoms with E-state index in [4.69, 9.17) is 0 Å². The first-order valence-corrected chi connectivity index (χ1v) is 13.3. The van der Waals surface area contributed by atoms with E-state index in [1.54, 1.807) is 0 Å². The smallest absolute Gasteiger partial charge is 0.0433 e. The summed E-state index contributed by atoms with van der Waals surface area (Å²) in [7, 11) is 2.12. The van der Waals surface area contributed by atoms with Gasteiger partial charge in [-0.3, -0.25) is 0 Å². The molecule has 0 aliphatic heterocycles. The summed E-state index contributed by atoms with van der Waals surface area (Å²) >= 11 is 1.88. The highest BCUT2D eigenvalue weighted by atomic mass is 32.1. The van der Waals surface area contributed by atoms with Crippen molar-refractivity contribution in [2.75, 3.05) is 11.9 Å². The van der Waals surface area contributed by atoms with Crippen LogP contribution in [0.2, 0.25) is 0 Å². The summed E-state index contributed by atoms with van der Waals surface area (Å²) in [6.07, 6.45) is 0. The molecule has 0 aliphatic rings. The largest absolute Gasteiger partial charge is 0.345 e. The molecule has 0 atom stereocenters. The summed E-state index contributed by atoms with van der Waals surface area (Å²) in [6, 6.07) is 51.3. The van der Waals surface area contributed by atoms with E-state index < -0.39 is 0 Å². The molecule has 6 aromatic carbocycles. The lowest BCUT2D eigenvalue weighted by Gasteiger charge is -2.20. The maximum atomic E-state index is 2.28. The number of para-hydroxylation sites is 1. The first kappa shape index (κ1) is 23.0. The summed E-state index contributed by atoms with van der Waals surface area (Å²) < 4.78 is 2.70. The van der Waals surface area contributed by atoms with Crippen molar-refractivity contribution >= 4 is 53.7 Å². The van der Waals surface area contributed by atoms with Crippen LogP contribution in [-0.4, -0.2) is 7.05 Å². The maximum absolute atomic E-state index is 2.28. The van der Waals surface area contributed by atoms with Crippen molar-refractivity contribution in [3.8, 4) is 11.1 Å². The fraction of sp³-hybridized carbons (Fsp3) is 0.0286. The molecule has 178 valence electrons. The van der Waals surface area contributed by atoms with Gasteiger partial charge in [0.2, 0.25) is 0 Å². The lowest BCUT2D eigenvalue weighted by Crippen LogP contribution is -2.08. The Morgan fingerprint density at radius 3 is 1.78 bits per heavy atom. The minimum absolute atomic E-state index is 1.19. The topological polar surface area (TPSA) is 3.24 Å². The fourth-order valence-corrected chi connectivity index (χ4v) is 6.03. The standard InChI is InChI=1S/C25H19NS.C10H8/c1-26(19-10-3-2-4-11-19)20-12-7-9-18(17-20)21-14-8-15-23-22-13-5-6-16-24(22)27-25(21)23;1-2-6-10-8-4-3-7-9(10)5-1/h2-17H,1H3;1-8H. The fourth-order valence-electron chi connectivity index (χ4n) is 4.79. The molecule has 2 heteroatoms. The average Bonchev–Trinajstić information content (AvgIpc) is 3.37. The second kappa shape index (κ2) is 10.3. The monoisotopic (exact) mass is 493 g/mol. The van der Waals surface area contributed by atoms with Gasteiger partial charge in [0.1, 0.15) is 0 Å². The Bertz CT molecular complexity index is 1730. The highest BCUT2D eigenvalue weighted by Gasteiger charge is 2.11. The molecule has 0 N–H and O–H groups in total. The van der Waals surface area contributed by atoms with Crippen molar-refractivity contribution < 1.29 is 0 Å². The number of anilines is 2. The van der Waals surface area contributed by atoms with Crippen molar-refractivity contribution in [1.29, 1.82) is 0 Å². The van der Waals surface area contributed by atoms with Crippen molar-refractivity contribution in [2.45, 2.75) is 0 Å². The molecule has 1 nitrogen and oxygen atoms in total. The van der Waals surface area contributed by atoms with Gasteiger partial charge in [-0.25, -0.2) is 0 Å². The number of hydrogen-bond acceptors (Lipinski definition) is 2. The molecule has 7 rings (SSSR count). The van der Waals surface area contributed by atoms with E-state index in [-0.39, 0.29) is 0 Å².